The number of hydrogen-bond donors (Lipinski definition) is 1. The van der Waals surface area contributed by atoms with E-state index in [1.165, 1.54) is 0 Å². The number of carbonyl (C=O) groups excluding carboxylic acids is 1. The van der Waals surface area contributed by atoms with Gasteiger partial charge < -0.3 is 8.97 Å². The number of pyridine rings is 1. The zero-order valence-corrected chi connectivity index (χ0v) is 15.0. The fourth-order valence-electron chi connectivity index (χ4n) is 2.87. The van der Waals surface area contributed by atoms with Crippen LogP contribution in [0.3, 0.4) is 0 Å². The van der Waals surface area contributed by atoms with Gasteiger partial charge in [-0.1, -0.05) is 18.2 Å². The molecule has 7 heteroatoms. The molecule has 0 fully saturated rings. The highest BCUT2D eigenvalue weighted by molar-refractivity contribution is 6.01. The molecule has 1 N–H and O–H groups in total. The molecule has 0 spiro atoms. The van der Waals surface area contributed by atoms with Crippen molar-refractivity contribution < 1.29 is 4.79 Å². The topological polar surface area (TPSA) is 76.6 Å². The second-order valence-corrected chi connectivity index (χ2v) is 6.13. The summed E-state index contributed by atoms with van der Waals surface area (Å²) in [6, 6.07) is 13.5. The van der Waals surface area contributed by atoms with Crippen LogP contribution < -0.4 is 5.43 Å². The number of benzene rings is 1. The first kappa shape index (κ1) is 16.7. The molecular formula is C20H18N6O. The Bertz CT molecular complexity index is 1120. The number of hydrazone groups is 1. The fraction of sp³-hybridized carbons (Fsp3) is 0.100. The molecule has 0 saturated heterocycles. The lowest BCUT2D eigenvalue weighted by molar-refractivity contribution is 0.0950. The van der Waals surface area contributed by atoms with Crippen LogP contribution in [0.2, 0.25) is 0 Å². The van der Waals surface area contributed by atoms with E-state index in [1.54, 1.807) is 12.5 Å². The summed E-state index contributed by atoms with van der Waals surface area (Å²) in [6.45, 7) is 3.71. The molecule has 0 aliphatic heterocycles. The molecule has 3 heterocycles. The van der Waals surface area contributed by atoms with Gasteiger partial charge in [0.2, 0.25) is 0 Å². The molecule has 0 saturated carbocycles. The van der Waals surface area contributed by atoms with Crippen LogP contribution in [-0.4, -0.2) is 30.6 Å². The maximum absolute atomic E-state index is 12.5. The molecule has 7 nitrogen and oxygen atoms in total. The van der Waals surface area contributed by atoms with Gasteiger partial charge in [-0.15, -0.1) is 0 Å². The second-order valence-electron chi connectivity index (χ2n) is 6.13. The molecule has 4 rings (SSSR count). The van der Waals surface area contributed by atoms with E-state index in [1.807, 2.05) is 77.7 Å². The van der Waals surface area contributed by atoms with Gasteiger partial charge in [-0.25, -0.2) is 15.4 Å². The minimum Gasteiger partial charge on any atom is -0.306 e. The summed E-state index contributed by atoms with van der Waals surface area (Å²) >= 11 is 0. The molecule has 0 unspecified atom stereocenters. The van der Waals surface area contributed by atoms with Crippen molar-refractivity contribution in [2.24, 2.45) is 5.10 Å². The van der Waals surface area contributed by atoms with E-state index in [0.29, 0.717) is 11.4 Å². The Labute approximate surface area is 156 Å². The zero-order valence-electron chi connectivity index (χ0n) is 15.0. The summed E-state index contributed by atoms with van der Waals surface area (Å²) in [7, 11) is 0. The van der Waals surface area contributed by atoms with Crippen LogP contribution >= 0.6 is 0 Å². The van der Waals surface area contributed by atoms with Crippen molar-refractivity contribution in [3.05, 3.63) is 84.3 Å². The number of nitrogens with one attached hydrogen (secondary N) is 1. The molecule has 3 aromatic heterocycles. The minimum absolute atomic E-state index is 0.328. The van der Waals surface area contributed by atoms with Gasteiger partial charge in [0.15, 0.2) is 5.69 Å². The van der Waals surface area contributed by atoms with E-state index in [-0.39, 0.29) is 5.91 Å². The number of fused-ring (bicyclic) bond motifs is 1. The predicted molar refractivity (Wildman–Crippen MR) is 103 cm³/mol. The molecule has 1 aromatic carbocycles. The Balaban J connectivity index is 1.51. The van der Waals surface area contributed by atoms with Gasteiger partial charge in [0.05, 0.1) is 17.7 Å². The fourth-order valence-corrected chi connectivity index (χ4v) is 2.87. The van der Waals surface area contributed by atoms with E-state index in [2.05, 4.69) is 20.5 Å². The van der Waals surface area contributed by atoms with Gasteiger partial charge in [0.1, 0.15) is 5.65 Å². The lowest BCUT2D eigenvalue weighted by Gasteiger charge is -2.05. The highest BCUT2D eigenvalue weighted by Crippen LogP contribution is 2.12. The highest BCUT2D eigenvalue weighted by Gasteiger charge is 2.15. The molecule has 0 bridgehead atoms. The molecular weight excluding hydrogens is 340 g/mol. The van der Waals surface area contributed by atoms with Crippen molar-refractivity contribution in [1.29, 1.82) is 0 Å². The van der Waals surface area contributed by atoms with Crippen LogP contribution in [0.25, 0.3) is 11.3 Å². The van der Waals surface area contributed by atoms with Gasteiger partial charge in [-0.05, 0) is 43.7 Å². The summed E-state index contributed by atoms with van der Waals surface area (Å²) in [5.41, 5.74) is 7.12. The molecule has 4 aromatic rings. The number of hydrogen-bond acceptors (Lipinski definition) is 4. The minimum atomic E-state index is -0.328. The van der Waals surface area contributed by atoms with Crippen LogP contribution in [0.1, 0.15) is 28.7 Å². The Morgan fingerprint density at radius 1 is 1.11 bits per heavy atom. The van der Waals surface area contributed by atoms with Crippen LogP contribution in [0.4, 0.5) is 0 Å². The van der Waals surface area contributed by atoms with Crippen LogP contribution in [0.15, 0.2) is 72.5 Å². The smallest absolute Gasteiger partial charge is 0.291 e. The number of aryl methyl sites for hydroxylation is 1. The Morgan fingerprint density at radius 3 is 2.63 bits per heavy atom. The molecule has 27 heavy (non-hydrogen) atoms. The Morgan fingerprint density at radius 2 is 1.93 bits per heavy atom. The van der Waals surface area contributed by atoms with Crippen LogP contribution in [0.5, 0.6) is 0 Å². The van der Waals surface area contributed by atoms with E-state index < -0.39 is 0 Å². The van der Waals surface area contributed by atoms with E-state index in [9.17, 15) is 4.79 Å². The average molecular weight is 358 g/mol. The Kier molecular flexibility index (Phi) is 4.25. The third-order valence-corrected chi connectivity index (χ3v) is 4.40. The number of aromatic nitrogens is 4. The first-order valence-corrected chi connectivity index (χ1v) is 8.50. The largest absolute Gasteiger partial charge is 0.306 e. The van der Waals surface area contributed by atoms with Crippen LogP contribution in [0, 0.1) is 6.92 Å². The monoisotopic (exact) mass is 358 g/mol. The lowest BCUT2D eigenvalue weighted by Crippen LogP contribution is -2.20. The van der Waals surface area contributed by atoms with Gasteiger partial charge in [-0.3, -0.25) is 4.79 Å². The maximum atomic E-state index is 12.5. The Hall–Kier alpha value is -3.74. The first-order chi connectivity index (χ1) is 13.1. The molecule has 0 aliphatic carbocycles. The first-order valence-electron chi connectivity index (χ1n) is 8.50. The van der Waals surface area contributed by atoms with Gasteiger partial charge in [0, 0.05) is 24.3 Å². The number of rotatable bonds is 4. The summed E-state index contributed by atoms with van der Waals surface area (Å²) in [5.74, 6) is -0.328. The number of nitrogens with zero attached hydrogens (tertiary/aromatic N) is 5. The van der Waals surface area contributed by atoms with Crippen molar-refractivity contribution >= 4 is 17.3 Å². The summed E-state index contributed by atoms with van der Waals surface area (Å²) in [5, 5.41) is 4.22. The van der Waals surface area contributed by atoms with Crippen LogP contribution in [-0.2, 0) is 0 Å². The second kappa shape index (κ2) is 6.87. The highest BCUT2D eigenvalue weighted by atomic mass is 16.2. The summed E-state index contributed by atoms with van der Waals surface area (Å²) in [6.07, 6.45) is 7.24. The molecule has 134 valence electrons. The molecule has 0 radical (unpaired) electrons. The predicted octanol–water partition coefficient (Wildman–Crippen LogP) is 2.98. The normalized spacial score (nSPS) is 11.7. The summed E-state index contributed by atoms with van der Waals surface area (Å²) < 4.78 is 3.80. The number of carbonyl (C=O) groups is 1. The lowest BCUT2D eigenvalue weighted by atomic mass is 10.1. The molecule has 0 aliphatic rings. The van der Waals surface area contributed by atoms with Gasteiger partial charge in [0.25, 0.3) is 5.91 Å². The van der Waals surface area contributed by atoms with Crippen molar-refractivity contribution in [3.8, 4) is 5.69 Å². The average Bonchev–Trinajstić information content (AvgIpc) is 3.35. The number of amides is 1. The van der Waals surface area contributed by atoms with Gasteiger partial charge in [-0.2, -0.15) is 5.10 Å². The van der Waals surface area contributed by atoms with E-state index in [0.717, 1.165) is 22.6 Å². The maximum Gasteiger partial charge on any atom is 0.291 e. The van der Waals surface area contributed by atoms with Gasteiger partial charge >= 0.3 is 0 Å². The standard InChI is InChI=1S/C20H18N6O/c1-14(16-6-8-17(9-7-16)25-12-10-21-13-25)23-24-20(27)19-15(2)26-11-4-3-5-18(26)22-19/h3-13H,1-2H3,(H,24,27). The van der Waals surface area contributed by atoms with Crippen molar-refractivity contribution in [1.82, 2.24) is 24.4 Å². The third-order valence-electron chi connectivity index (χ3n) is 4.40. The number of imidazole rings is 2. The molecule has 1 amide bonds. The quantitative estimate of drug-likeness (QED) is 0.450. The van der Waals surface area contributed by atoms with Crippen molar-refractivity contribution in [2.45, 2.75) is 13.8 Å². The zero-order chi connectivity index (χ0) is 18.8. The van der Waals surface area contributed by atoms with E-state index in [4.69, 9.17) is 0 Å². The third kappa shape index (κ3) is 3.22. The summed E-state index contributed by atoms with van der Waals surface area (Å²) in [4.78, 5) is 20.9. The molecule has 0 atom stereocenters. The van der Waals surface area contributed by atoms with Crippen molar-refractivity contribution in [3.63, 3.8) is 0 Å². The SMILES string of the molecule is CC(=NNC(=O)c1nc2ccccn2c1C)c1ccc(-n2ccnc2)cc1. The van der Waals surface area contributed by atoms with Crippen molar-refractivity contribution in [2.75, 3.05) is 0 Å². The van der Waals surface area contributed by atoms with E-state index >= 15 is 0 Å².